The van der Waals surface area contributed by atoms with Crippen LogP contribution in [-0.2, 0) is 0 Å². The van der Waals surface area contributed by atoms with Crippen molar-refractivity contribution >= 4 is 46.9 Å². The van der Waals surface area contributed by atoms with Crippen LogP contribution in [-0.4, -0.2) is 48.8 Å². The minimum atomic E-state index is -0.783. The summed E-state index contributed by atoms with van der Waals surface area (Å²) in [6.07, 6.45) is 3.21. The number of carbonyl (C=O) groups is 6. The largest absolute Gasteiger partial charge is 0.490 e. The van der Waals surface area contributed by atoms with E-state index in [0.29, 0.717) is 47.2 Å². The van der Waals surface area contributed by atoms with Crippen molar-refractivity contribution in [3.63, 3.8) is 0 Å². The van der Waals surface area contributed by atoms with Gasteiger partial charge in [0, 0.05) is 0 Å². The van der Waals surface area contributed by atoms with Crippen molar-refractivity contribution in [1.29, 1.82) is 0 Å². The Balaban J connectivity index is 0.995. The first-order chi connectivity index (χ1) is 27.0. The number of hydrogen-bond donors (Lipinski definition) is 0. The number of anilines is 2. The molecule has 12 heteroatoms. The molecule has 278 valence electrons. The van der Waals surface area contributed by atoms with Crippen molar-refractivity contribution in [1.82, 2.24) is 0 Å². The molecule has 0 fully saturated rings. The van der Waals surface area contributed by atoms with Crippen molar-refractivity contribution in [2.45, 2.75) is 13.8 Å². The van der Waals surface area contributed by atoms with Gasteiger partial charge in [-0.1, -0.05) is 25.3 Å². The fourth-order valence-electron chi connectivity index (χ4n) is 6.33. The maximum atomic E-state index is 13.4. The van der Waals surface area contributed by atoms with Crippen molar-refractivity contribution in [3.8, 4) is 23.0 Å². The Labute approximate surface area is 320 Å². The van der Waals surface area contributed by atoms with Crippen LogP contribution in [0.4, 0.5) is 11.4 Å². The van der Waals surface area contributed by atoms with E-state index >= 15 is 0 Å². The van der Waals surface area contributed by atoms with E-state index in [9.17, 15) is 28.8 Å². The zero-order chi connectivity index (χ0) is 39.7. The normalized spacial score (nSPS) is 13.0. The minimum absolute atomic E-state index is 0.0417. The van der Waals surface area contributed by atoms with Gasteiger partial charge < -0.3 is 18.9 Å². The third-order valence-electron chi connectivity index (χ3n) is 9.04. The first kappa shape index (κ1) is 36.7. The van der Waals surface area contributed by atoms with E-state index in [1.54, 1.807) is 62.4 Å². The summed E-state index contributed by atoms with van der Waals surface area (Å²) in [7, 11) is 0. The van der Waals surface area contributed by atoms with E-state index in [1.165, 1.54) is 60.7 Å². The van der Waals surface area contributed by atoms with E-state index in [1.807, 2.05) is 0 Å². The molecule has 0 saturated heterocycles. The number of carbonyl (C=O) groups excluding carboxylic acids is 6. The zero-order valence-corrected chi connectivity index (χ0v) is 30.2. The predicted octanol–water partition coefficient (Wildman–Crippen LogP) is 7.47. The average molecular weight is 749 g/mol. The molecule has 2 aliphatic rings. The summed E-state index contributed by atoms with van der Waals surface area (Å²) in [5, 5.41) is 0. The van der Waals surface area contributed by atoms with Gasteiger partial charge in [0.1, 0.15) is 36.2 Å². The second-order valence-corrected chi connectivity index (χ2v) is 12.8. The van der Waals surface area contributed by atoms with Crippen molar-refractivity contribution < 1.29 is 47.7 Å². The molecule has 0 spiro atoms. The van der Waals surface area contributed by atoms with E-state index in [-0.39, 0.29) is 44.9 Å². The lowest BCUT2D eigenvalue weighted by molar-refractivity contribution is 0.0719. The highest BCUT2D eigenvalue weighted by Gasteiger charge is 2.39. The Morgan fingerprint density at radius 3 is 1.21 bits per heavy atom. The number of ether oxygens (including phenoxy) is 4. The number of hydrogen-bond acceptors (Lipinski definition) is 10. The topological polar surface area (TPSA) is 146 Å². The Kier molecular flexibility index (Phi) is 9.86. The quantitative estimate of drug-likeness (QED) is 0.0545. The van der Waals surface area contributed by atoms with Crippen LogP contribution in [0.25, 0.3) is 0 Å². The molecule has 2 aliphatic heterocycles. The first-order valence-corrected chi connectivity index (χ1v) is 17.3. The number of rotatable bonds is 12. The van der Waals surface area contributed by atoms with Crippen LogP contribution in [0.1, 0.15) is 73.3 Å². The highest BCUT2D eigenvalue weighted by Crippen LogP contribution is 2.35. The van der Waals surface area contributed by atoms with Gasteiger partial charge in [-0.15, -0.1) is 0 Å². The summed E-state index contributed by atoms with van der Waals surface area (Å²) in [5.41, 5.74) is 2.56. The molecular weight excluding hydrogens is 716 g/mol. The summed E-state index contributed by atoms with van der Waals surface area (Å²) in [6, 6.07) is 23.9. The molecule has 0 aliphatic carbocycles. The number of fused-ring (bicyclic) bond motifs is 2. The number of imide groups is 2. The molecule has 0 atom stereocenters. The molecule has 4 amide bonds. The first-order valence-electron chi connectivity index (χ1n) is 17.3. The summed E-state index contributed by atoms with van der Waals surface area (Å²) >= 11 is 0. The number of benzene rings is 5. The monoisotopic (exact) mass is 748 g/mol. The van der Waals surface area contributed by atoms with Gasteiger partial charge in [-0.2, -0.15) is 0 Å². The smallest absolute Gasteiger partial charge is 0.343 e. The van der Waals surface area contributed by atoms with Crippen LogP contribution in [0.3, 0.4) is 0 Å². The molecule has 0 radical (unpaired) electrons. The Bertz CT molecular complexity index is 2350. The van der Waals surface area contributed by atoms with E-state index in [0.717, 1.165) is 9.80 Å². The van der Waals surface area contributed by atoms with Gasteiger partial charge in [0.25, 0.3) is 23.6 Å². The molecule has 0 unspecified atom stereocenters. The van der Waals surface area contributed by atoms with Gasteiger partial charge in [-0.3, -0.25) is 19.2 Å². The zero-order valence-electron chi connectivity index (χ0n) is 30.2. The summed E-state index contributed by atoms with van der Waals surface area (Å²) in [5.74, 6) is -2.42. The standard InChI is InChI=1S/C44H32N2O10/c1-5-19-53-31-13-17-37(25(3)21-31)45-39(47)33-15-7-27(23-35(33)41(45)49)43(51)55-29-9-11-30(12-10-29)56-44(52)28-8-16-34-36(24-28)42(50)46(40(34)48)38-18-14-32(22-26(38)4)54-20-6-2/h5-18,21-24H,1-2,19-20H2,3-4H3. The van der Waals surface area contributed by atoms with E-state index in [4.69, 9.17) is 18.9 Å². The van der Waals surface area contributed by atoms with E-state index in [2.05, 4.69) is 13.2 Å². The fraction of sp³-hybridized carbons (Fsp3) is 0.0909. The highest BCUT2D eigenvalue weighted by molar-refractivity contribution is 6.35. The molecule has 0 N–H and O–H groups in total. The van der Waals surface area contributed by atoms with Crippen LogP contribution in [0.2, 0.25) is 0 Å². The lowest BCUT2D eigenvalue weighted by Gasteiger charge is -2.17. The van der Waals surface area contributed by atoms with Crippen LogP contribution in [0.15, 0.2) is 122 Å². The number of nitrogens with zero attached hydrogens (tertiary/aromatic N) is 2. The second kappa shape index (κ2) is 15.0. The number of amides is 4. The minimum Gasteiger partial charge on any atom is -0.490 e. The second-order valence-electron chi connectivity index (χ2n) is 12.8. The number of aryl methyl sites for hydroxylation is 2. The van der Waals surface area contributed by atoms with Gasteiger partial charge in [-0.05, 0) is 122 Å². The summed E-state index contributed by atoms with van der Waals surface area (Å²) < 4.78 is 22.1. The molecule has 12 nitrogen and oxygen atoms in total. The highest BCUT2D eigenvalue weighted by atomic mass is 16.5. The third kappa shape index (κ3) is 6.82. The summed E-state index contributed by atoms with van der Waals surface area (Å²) in [6.45, 7) is 11.4. The molecule has 0 bridgehead atoms. The molecule has 7 rings (SSSR count). The molecule has 5 aromatic rings. The van der Waals surface area contributed by atoms with Crippen molar-refractivity contribution in [3.05, 3.63) is 167 Å². The average Bonchev–Trinajstić information content (AvgIpc) is 3.59. The van der Waals surface area contributed by atoms with Gasteiger partial charge in [0.15, 0.2) is 0 Å². The Morgan fingerprint density at radius 1 is 0.500 bits per heavy atom. The SMILES string of the molecule is C=CCOc1ccc(N2C(=O)c3ccc(C(=O)Oc4ccc(OC(=O)c5ccc6c(c5)C(=O)N(c5ccc(OCC=C)cc5C)C6=O)cc4)cc3C2=O)c(C)c1. The van der Waals surface area contributed by atoms with Crippen LogP contribution in [0.5, 0.6) is 23.0 Å². The van der Waals surface area contributed by atoms with Crippen LogP contribution < -0.4 is 28.7 Å². The maximum Gasteiger partial charge on any atom is 0.343 e. The molecule has 0 saturated carbocycles. The lowest BCUT2D eigenvalue weighted by Crippen LogP contribution is -2.30. The lowest BCUT2D eigenvalue weighted by atomic mass is 10.1. The van der Waals surface area contributed by atoms with Gasteiger partial charge in [0.05, 0.1) is 44.8 Å². The number of esters is 2. The van der Waals surface area contributed by atoms with Crippen LogP contribution in [0, 0.1) is 13.8 Å². The van der Waals surface area contributed by atoms with Crippen molar-refractivity contribution in [2.75, 3.05) is 23.0 Å². The van der Waals surface area contributed by atoms with Crippen molar-refractivity contribution in [2.24, 2.45) is 0 Å². The van der Waals surface area contributed by atoms with E-state index < -0.39 is 35.6 Å². The molecule has 0 aromatic heterocycles. The van der Waals surface area contributed by atoms with Gasteiger partial charge in [0.2, 0.25) is 0 Å². The molecular formula is C44H32N2O10. The molecule has 56 heavy (non-hydrogen) atoms. The van der Waals surface area contributed by atoms with Gasteiger partial charge in [-0.25, -0.2) is 19.4 Å². The summed E-state index contributed by atoms with van der Waals surface area (Å²) in [4.78, 5) is 81.7. The third-order valence-corrected chi connectivity index (χ3v) is 9.04. The Hall–Kier alpha value is -7.60. The predicted molar refractivity (Wildman–Crippen MR) is 205 cm³/mol. The van der Waals surface area contributed by atoms with Gasteiger partial charge >= 0.3 is 11.9 Å². The maximum absolute atomic E-state index is 13.4. The molecule has 5 aromatic carbocycles. The Morgan fingerprint density at radius 2 is 0.857 bits per heavy atom. The van der Waals surface area contributed by atoms with Crippen LogP contribution >= 0.6 is 0 Å². The fourth-order valence-corrected chi connectivity index (χ4v) is 6.33. The molecule has 2 heterocycles.